The highest BCUT2D eigenvalue weighted by Crippen LogP contribution is 2.30. The molecule has 0 bridgehead atoms. The summed E-state index contributed by atoms with van der Waals surface area (Å²) in [6.45, 7) is 0.545. The Morgan fingerprint density at radius 1 is 1.04 bits per heavy atom. The molecule has 119 valence electrons. The minimum absolute atomic E-state index is 0.545. The first-order valence-electron chi connectivity index (χ1n) is 8.67. The fraction of sp³-hybridized carbons (Fsp3) is 0.136. The van der Waals surface area contributed by atoms with Crippen molar-refractivity contribution in [3.8, 4) is 5.75 Å². The maximum absolute atomic E-state index is 8.70. The van der Waals surface area contributed by atoms with Crippen molar-refractivity contribution in [2.24, 2.45) is 0 Å². The van der Waals surface area contributed by atoms with Gasteiger partial charge in [0, 0.05) is 31.6 Å². The van der Waals surface area contributed by atoms with Crippen LogP contribution >= 0.6 is 0 Å². The van der Waals surface area contributed by atoms with Crippen LogP contribution in [-0.2, 0) is 6.42 Å². The highest BCUT2D eigenvalue weighted by Gasteiger charge is 2.13. The normalized spacial score (nSPS) is 13.9. The second-order valence-corrected chi connectivity index (χ2v) is 5.88. The number of nitrogens with zero attached hydrogens (tertiary/aromatic N) is 1. The van der Waals surface area contributed by atoms with E-state index in [1.807, 2.05) is 30.3 Å². The van der Waals surface area contributed by atoms with E-state index in [9.17, 15) is 0 Å². The molecule has 3 aromatic carbocycles. The maximum atomic E-state index is 8.70. The number of benzene rings is 3. The van der Waals surface area contributed by atoms with Gasteiger partial charge in [0.1, 0.15) is 5.75 Å². The molecule has 0 aliphatic carbocycles. The van der Waals surface area contributed by atoms with Crippen molar-refractivity contribution in [1.82, 2.24) is 0 Å². The molecule has 0 aromatic heterocycles. The summed E-state index contributed by atoms with van der Waals surface area (Å²) in [4.78, 5) is 2.15. The number of anilines is 1. The third-order valence-electron chi connectivity index (χ3n) is 4.47. The molecule has 1 aliphatic rings. The van der Waals surface area contributed by atoms with Crippen LogP contribution in [0, 0.1) is 6.40 Å². The predicted octanol–water partition coefficient (Wildman–Crippen LogP) is 4.98. The first kappa shape index (κ1) is 13.7. The summed E-state index contributed by atoms with van der Waals surface area (Å²) >= 11 is 0. The first-order chi connectivity index (χ1) is 12.3. The number of fused-ring (bicyclic) bond motifs is 2. The van der Waals surface area contributed by atoms with Gasteiger partial charge in [-0.15, -0.1) is 0 Å². The molecule has 2 nitrogen and oxygen atoms in total. The van der Waals surface area contributed by atoms with Gasteiger partial charge in [-0.05, 0) is 35.1 Å². The molecule has 2 heteroatoms. The average molecular weight is 316 g/mol. The third-order valence-corrected chi connectivity index (χ3v) is 4.47. The molecular formula is C22H20NO. The topological polar surface area (TPSA) is 12.5 Å². The molecule has 0 saturated carbocycles. The van der Waals surface area contributed by atoms with Gasteiger partial charge in [-0.1, -0.05) is 54.6 Å². The van der Waals surface area contributed by atoms with Crippen molar-refractivity contribution in [2.45, 2.75) is 6.42 Å². The number of hydrogen-bond acceptors (Lipinski definition) is 2. The fourth-order valence-corrected chi connectivity index (χ4v) is 3.26. The zero-order chi connectivity index (χ0) is 17.2. The number of rotatable bonds is 4. The largest absolute Gasteiger partial charge is 0.496 e. The van der Waals surface area contributed by atoms with Crippen molar-refractivity contribution in [2.75, 3.05) is 18.6 Å². The van der Waals surface area contributed by atoms with Gasteiger partial charge in [0.2, 0.25) is 0 Å². The zero-order valence-electron chi connectivity index (χ0n) is 14.7. The van der Waals surface area contributed by atoms with E-state index in [4.69, 9.17) is 6.11 Å². The monoisotopic (exact) mass is 316 g/mol. The van der Waals surface area contributed by atoms with Crippen molar-refractivity contribution < 1.29 is 6.11 Å². The van der Waals surface area contributed by atoms with Gasteiger partial charge in [-0.2, -0.15) is 0 Å². The first-order valence-corrected chi connectivity index (χ1v) is 8.17. The van der Waals surface area contributed by atoms with E-state index in [0.29, 0.717) is 12.9 Å². The lowest BCUT2D eigenvalue weighted by Crippen LogP contribution is -2.21. The van der Waals surface area contributed by atoms with Crippen molar-refractivity contribution in [1.29, 1.82) is 0 Å². The molecule has 1 heterocycles. The highest BCUT2D eigenvalue weighted by molar-refractivity contribution is 5.92. The summed E-state index contributed by atoms with van der Waals surface area (Å²) in [5.41, 5.74) is 3.44. The van der Waals surface area contributed by atoms with Crippen LogP contribution in [0.1, 0.15) is 12.5 Å². The number of allylic oxidation sites excluding steroid dienone is 1. The predicted molar refractivity (Wildman–Crippen MR) is 101 cm³/mol. The molecule has 0 spiro atoms. The third kappa shape index (κ3) is 2.65. The minimum Gasteiger partial charge on any atom is -0.496 e. The molecule has 0 unspecified atom stereocenters. The van der Waals surface area contributed by atoms with E-state index in [1.54, 1.807) is 7.11 Å². The van der Waals surface area contributed by atoms with Crippen LogP contribution in [0.4, 0.5) is 5.69 Å². The molecule has 3 aromatic rings. The molecule has 0 atom stereocenters. The number of ether oxygens (including phenoxy) is 1. The molecular weight excluding hydrogens is 294 g/mol. The van der Waals surface area contributed by atoms with E-state index in [2.05, 4.69) is 47.5 Å². The smallest absolute Gasteiger partial charge is 0.126 e. The lowest BCUT2D eigenvalue weighted by Gasteiger charge is -2.26. The summed E-state index contributed by atoms with van der Waals surface area (Å²) in [5.74, 6) is 0.843. The van der Waals surface area contributed by atoms with Crippen LogP contribution in [0.5, 0.6) is 5.75 Å². The Morgan fingerprint density at radius 2 is 1.83 bits per heavy atom. The van der Waals surface area contributed by atoms with E-state index in [1.165, 1.54) is 11.3 Å². The van der Waals surface area contributed by atoms with Gasteiger partial charge < -0.3 is 9.64 Å². The van der Waals surface area contributed by atoms with Crippen molar-refractivity contribution in [3.63, 3.8) is 0 Å². The summed E-state index contributed by atoms with van der Waals surface area (Å²) in [5, 5.41) is 2.10. The SMILES string of the molecule is [3H][C](CN1C=CCc2ccccc21)c1ccc(OC)c2ccccc12. The molecule has 24 heavy (non-hydrogen) atoms. The second-order valence-electron chi connectivity index (χ2n) is 5.88. The van der Waals surface area contributed by atoms with Crippen molar-refractivity contribution >= 4 is 16.5 Å². The van der Waals surface area contributed by atoms with E-state index >= 15 is 0 Å². The van der Waals surface area contributed by atoms with Gasteiger partial charge in [-0.25, -0.2) is 0 Å². The molecule has 1 radical (unpaired) electrons. The molecule has 1 aliphatic heterocycles. The standard InChI is InChI=1S/C22H20NO/c1-24-22-13-12-17(19-9-3-4-10-20(19)22)14-16-23-15-6-8-18-7-2-5-11-21(18)23/h2-7,9-15H,8,16H2,1H3/i14T. The Bertz CT molecular complexity index is 934. The molecule has 0 saturated heterocycles. The summed E-state index contributed by atoms with van der Waals surface area (Å²) < 4.78 is 14.2. The molecule has 0 fully saturated rings. The van der Waals surface area contributed by atoms with E-state index in [0.717, 1.165) is 28.5 Å². The van der Waals surface area contributed by atoms with E-state index in [-0.39, 0.29) is 0 Å². The van der Waals surface area contributed by atoms with Crippen LogP contribution in [-0.4, -0.2) is 13.7 Å². The second kappa shape index (κ2) is 6.40. The Hall–Kier alpha value is -2.74. The number of para-hydroxylation sites is 1. The van der Waals surface area contributed by atoms with Crippen LogP contribution in [0.3, 0.4) is 0 Å². The minimum atomic E-state index is 0.545. The van der Waals surface area contributed by atoms with Gasteiger partial charge in [0.05, 0.1) is 7.11 Å². The Morgan fingerprint density at radius 3 is 2.71 bits per heavy atom. The van der Waals surface area contributed by atoms with Crippen LogP contribution in [0.2, 0.25) is 0 Å². The van der Waals surface area contributed by atoms with Crippen LogP contribution in [0.25, 0.3) is 10.8 Å². The highest BCUT2D eigenvalue weighted by atomic mass is 16.5. The van der Waals surface area contributed by atoms with Gasteiger partial charge in [0.25, 0.3) is 0 Å². The Labute approximate surface area is 144 Å². The molecule has 4 rings (SSSR count). The molecule has 0 amide bonds. The lowest BCUT2D eigenvalue weighted by molar-refractivity contribution is 0.420. The van der Waals surface area contributed by atoms with Gasteiger partial charge in [0.15, 0.2) is 0 Å². The molecule has 0 N–H and O–H groups in total. The van der Waals surface area contributed by atoms with E-state index < -0.39 is 0 Å². The fourth-order valence-electron chi connectivity index (χ4n) is 3.26. The summed E-state index contributed by atoms with van der Waals surface area (Å²) in [7, 11) is 1.68. The van der Waals surface area contributed by atoms with Gasteiger partial charge in [-0.3, -0.25) is 0 Å². The quantitative estimate of drug-likeness (QED) is 0.673. The Balaban J connectivity index is 1.68. The van der Waals surface area contributed by atoms with Gasteiger partial charge >= 0.3 is 0 Å². The van der Waals surface area contributed by atoms with Crippen molar-refractivity contribution in [3.05, 3.63) is 90.5 Å². The maximum Gasteiger partial charge on any atom is 0.126 e. The van der Waals surface area contributed by atoms with Crippen LogP contribution < -0.4 is 9.64 Å². The average Bonchev–Trinajstić information content (AvgIpc) is 2.67. The summed E-state index contributed by atoms with van der Waals surface area (Å²) in [6.07, 6.45) is 5.79. The lowest BCUT2D eigenvalue weighted by atomic mass is 10.0. The number of hydrogen-bond donors (Lipinski definition) is 0. The zero-order valence-corrected chi connectivity index (χ0v) is 13.7. The Kier molecular flexibility index (Phi) is 3.65. The summed E-state index contributed by atoms with van der Waals surface area (Å²) in [6, 6.07) is 20.4. The number of methoxy groups -OCH3 is 1. The van der Waals surface area contributed by atoms with Crippen LogP contribution in [0.15, 0.2) is 72.9 Å².